The van der Waals surface area contributed by atoms with Crippen LogP contribution in [0.5, 0.6) is 5.75 Å². The van der Waals surface area contributed by atoms with Gasteiger partial charge in [-0.15, -0.1) is 0 Å². The smallest absolute Gasteiger partial charge is 0.303 e. The van der Waals surface area contributed by atoms with E-state index in [1.807, 2.05) is 24.3 Å². The number of para-hydroxylation sites is 1. The molecule has 1 rings (SSSR count). The van der Waals surface area contributed by atoms with Crippen molar-refractivity contribution in [2.75, 3.05) is 13.2 Å². The molecule has 0 spiro atoms. The Balaban J connectivity index is 2.41. The number of ether oxygens (including phenoxy) is 1. The number of rotatable bonds is 8. The molecule has 0 radical (unpaired) electrons. The van der Waals surface area contributed by atoms with Gasteiger partial charge in [0, 0.05) is 13.0 Å². The molecule has 21 heavy (non-hydrogen) atoms. The molecule has 5 heteroatoms. The lowest BCUT2D eigenvalue weighted by atomic mass is 10.0. The number of benzene rings is 1. The highest BCUT2D eigenvalue weighted by molar-refractivity contribution is 5.77. The van der Waals surface area contributed by atoms with Crippen molar-refractivity contribution in [3.63, 3.8) is 0 Å². The van der Waals surface area contributed by atoms with E-state index in [1.165, 1.54) is 0 Å². The van der Waals surface area contributed by atoms with Crippen LogP contribution in [0.15, 0.2) is 24.3 Å². The summed E-state index contributed by atoms with van der Waals surface area (Å²) in [5.74, 6) is -0.180. The number of aliphatic carboxylic acids is 1. The van der Waals surface area contributed by atoms with E-state index < -0.39 is 5.97 Å². The predicted octanol–water partition coefficient (Wildman–Crippen LogP) is 2.42. The highest BCUT2D eigenvalue weighted by Gasteiger charge is 2.11. The minimum atomic E-state index is -0.862. The Morgan fingerprint density at radius 2 is 1.90 bits per heavy atom. The first-order valence-electron chi connectivity index (χ1n) is 7.10. The topological polar surface area (TPSA) is 75.6 Å². The van der Waals surface area contributed by atoms with Crippen molar-refractivity contribution >= 4 is 11.9 Å². The van der Waals surface area contributed by atoms with Crippen LogP contribution >= 0.6 is 0 Å². The van der Waals surface area contributed by atoms with E-state index in [-0.39, 0.29) is 24.9 Å². The zero-order valence-corrected chi connectivity index (χ0v) is 12.8. The van der Waals surface area contributed by atoms with Crippen LogP contribution in [0.3, 0.4) is 0 Å². The maximum absolute atomic E-state index is 11.7. The quantitative estimate of drug-likeness (QED) is 0.772. The average Bonchev–Trinajstić information content (AvgIpc) is 2.42. The molecule has 1 unspecified atom stereocenters. The second-order valence-electron chi connectivity index (χ2n) is 5.49. The largest absolute Gasteiger partial charge is 0.483 e. The zero-order chi connectivity index (χ0) is 15.8. The first kappa shape index (κ1) is 17.0. The second kappa shape index (κ2) is 8.29. The van der Waals surface area contributed by atoms with Crippen molar-refractivity contribution in [3.05, 3.63) is 29.8 Å². The maximum Gasteiger partial charge on any atom is 0.303 e. The monoisotopic (exact) mass is 293 g/mol. The predicted molar refractivity (Wildman–Crippen MR) is 80.5 cm³/mol. The van der Waals surface area contributed by atoms with Gasteiger partial charge in [0.15, 0.2) is 6.61 Å². The summed E-state index contributed by atoms with van der Waals surface area (Å²) >= 11 is 0. The maximum atomic E-state index is 11.7. The van der Waals surface area contributed by atoms with Gasteiger partial charge >= 0.3 is 5.97 Å². The third-order valence-electron chi connectivity index (χ3n) is 3.07. The lowest BCUT2D eigenvalue weighted by Crippen LogP contribution is -2.33. The van der Waals surface area contributed by atoms with Crippen molar-refractivity contribution in [3.8, 4) is 5.75 Å². The normalized spacial score (nSPS) is 12.0. The molecular formula is C16H23NO4. The highest BCUT2D eigenvalue weighted by Crippen LogP contribution is 2.25. The Morgan fingerprint density at radius 3 is 2.52 bits per heavy atom. The number of carboxylic acids is 1. The fraction of sp³-hybridized carbons (Fsp3) is 0.500. The Hall–Kier alpha value is -2.04. The van der Waals surface area contributed by atoms with Crippen molar-refractivity contribution in [2.24, 2.45) is 5.92 Å². The molecule has 0 bridgehead atoms. The summed E-state index contributed by atoms with van der Waals surface area (Å²) in [7, 11) is 0. The van der Waals surface area contributed by atoms with Crippen molar-refractivity contribution in [1.82, 2.24) is 5.32 Å². The molecule has 1 amide bonds. The van der Waals surface area contributed by atoms with Crippen LogP contribution in [-0.4, -0.2) is 30.1 Å². The van der Waals surface area contributed by atoms with Gasteiger partial charge in [-0.1, -0.05) is 39.0 Å². The van der Waals surface area contributed by atoms with E-state index >= 15 is 0 Å². The first-order valence-corrected chi connectivity index (χ1v) is 7.10. The van der Waals surface area contributed by atoms with Gasteiger partial charge in [-0.3, -0.25) is 9.59 Å². The van der Waals surface area contributed by atoms with Gasteiger partial charge in [0.1, 0.15) is 5.75 Å². The third-order valence-corrected chi connectivity index (χ3v) is 3.07. The summed E-state index contributed by atoms with van der Waals surface area (Å²) in [6.45, 7) is 6.18. The van der Waals surface area contributed by atoms with Gasteiger partial charge in [0.2, 0.25) is 0 Å². The summed E-state index contributed by atoms with van der Waals surface area (Å²) in [6, 6.07) is 7.63. The Morgan fingerprint density at radius 1 is 1.24 bits per heavy atom. The number of nitrogens with one attached hydrogen (secondary N) is 1. The molecule has 0 aliphatic rings. The van der Waals surface area contributed by atoms with E-state index in [0.717, 1.165) is 5.56 Å². The van der Waals surface area contributed by atoms with E-state index in [2.05, 4.69) is 19.2 Å². The summed E-state index contributed by atoms with van der Waals surface area (Å²) in [4.78, 5) is 22.2. The third kappa shape index (κ3) is 6.29. The molecule has 0 fully saturated rings. The van der Waals surface area contributed by atoms with Gasteiger partial charge in [-0.25, -0.2) is 0 Å². The van der Waals surface area contributed by atoms with Gasteiger partial charge in [-0.05, 0) is 23.5 Å². The van der Waals surface area contributed by atoms with Gasteiger partial charge in [-0.2, -0.15) is 0 Å². The van der Waals surface area contributed by atoms with E-state index in [9.17, 15) is 9.59 Å². The zero-order valence-electron chi connectivity index (χ0n) is 12.8. The van der Waals surface area contributed by atoms with E-state index in [4.69, 9.17) is 9.84 Å². The fourth-order valence-corrected chi connectivity index (χ4v) is 1.94. The number of carboxylic acid groups (broad SMARTS) is 1. The first-order chi connectivity index (χ1) is 9.90. The van der Waals surface area contributed by atoms with Crippen LogP contribution in [0, 0.1) is 5.92 Å². The molecule has 0 heterocycles. The van der Waals surface area contributed by atoms with E-state index in [1.54, 1.807) is 6.92 Å². The molecular weight excluding hydrogens is 270 g/mol. The second-order valence-corrected chi connectivity index (χ2v) is 5.49. The molecule has 116 valence electrons. The number of carbonyl (C=O) groups excluding carboxylic acids is 1. The van der Waals surface area contributed by atoms with Crippen LogP contribution < -0.4 is 10.1 Å². The number of amides is 1. The van der Waals surface area contributed by atoms with Crippen LogP contribution in [0.25, 0.3) is 0 Å². The molecule has 0 aliphatic carbocycles. The van der Waals surface area contributed by atoms with Crippen LogP contribution in [0.4, 0.5) is 0 Å². The number of hydrogen-bond donors (Lipinski definition) is 2. The van der Waals surface area contributed by atoms with Crippen LogP contribution in [-0.2, 0) is 9.59 Å². The molecule has 1 aromatic rings. The number of hydrogen-bond acceptors (Lipinski definition) is 3. The summed E-state index contributed by atoms with van der Waals surface area (Å²) in [5.41, 5.74) is 1.06. The van der Waals surface area contributed by atoms with Crippen molar-refractivity contribution in [1.29, 1.82) is 0 Å². The molecule has 1 aromatic carbocycles. The number of carbonyl (C=O) groups is 2. The molecule has 2 N–H and O–H groups in total. The lowest BCUT2D eigenvalue weighted by Gasteiger charge is -2.14. The summed E-state index contributed by atoms with van der Waals surface area (Å²) < 4.78 is 5.55. The van der Waals surface area contributed by atoms with Crippen LogP contribution in [0.1, 0.15) is 38.7 Å². The Labute approximate surface area is 125 Å². The molecule has 0 aliphatic heterocycles. The fourth-order valence-electron chi connectivity index (χ4n) is 1.94. The average molecular weight is 293 g/mol. The highest BCUT2D eigenvalue weighted by atomic mass is 16.5. The summed E-state index contributed by atoms with van der Waals surface area (Å²) in [5, 5.41) is 11.3. The summed E-state index contributed by atoms with van der Waals surface area (Å²) in [6.07, 6.45) is 0.0390. The SMILES string of the molecule is CC(CNC(=O)COc1ccccc1C(C)C)CC(=O)O. The molecule has 1 atom stereocenters. The molecule has 5 nitrogen and oxygen atoms in total. The molecule has 0 saturated carbocycles. The van der Waals surface area contributed by atoms with E-state index in [0.29, 0.717) is 18.2 Å². The minimum absolute atomic E-state index is 0.0390. The van der Waals surface area contributed by atoms with Gasteiger partial charge in [0.25, 0.3) is 5.91 Å². The Kier molecular flexibility index (Phi) is 6.72. The van der Waals surface area contributed by atoms with Crippen LogP contribution in [0.2, 0.25) is 0 Å². The minimum Gasteiger partial charge on any atom is -0.483 e. The standard InChI is InChI=1S/C16H23NO4/c1-11(2)13-6-4-5-7-14(13)21-10-15(18)17-9-12(3)8-16(19)20/h4-7,11-12H,8-10H2,1-3H3,(H,17,18)(H,19,20). The van der Waals surface area contributed by atoms with Crippen molar-refractivity contribution in [2.45, 2.75) is 33.1 Å². The molecule has 0 aromatic heterocycles. The molecule has 0 saturated heterocycles. The van der Waals surface area contributed by atoms with Crippen molar-refractivity contribution < 1.29 is 19.4 Å². The van der Waals surface area contributed by atoms with Gasteiger partial charge < -0.3 is 15.2 Å². The lowest BCUT2D eigenvalue weighted by molar-refractivity contribution is -0.138. The van der Waals surface area contributed by atoms with Gasteiger partial charge in [0.05, 0.1) is 0 Å². The Bertz CT molecular complexity index is 485.